The van der Waals surface area contributed by atoms with E-state index in [2.05, 4.69) is 4.98 Å². The Kier molecular flexibility index (Phi) is 4.22. The SMILES string of the molecule is Cc1cc(=O)c(C(=O)N2CCC(CC(=O)O)CC2)c[nH]1. The molecular formula is C14H18N2O4. The predicted octanol–water partition coefficient (Wildman–Crippen LogP) is 1.01. The van der Waals surface area contributed by atoms with Gasteiger partial charge in [0.15, 0.2) is 5.43 Å². The number of carbonyl (C=O) groups excluding carboxylic acids is 1. The quantitative estimate of drug-likeness (QED) is 0.863. The molecule has 1 aromatic heterocycles. The van der Waals surface area contributed by atoms with Gasteiger partial charge in [0.2, 0.25) is 0 Å². The fraction of sp³-hybridized carbons (Fsp3) is 0.500. The second-order valence-corrected chi connectivity index (χ2v) is 5.23. The molecule has 6 nitrogen and oxygen atoms in total. The lowest BCUT2D eigenvalue weighted by Crippen LogP contribution is -2.40. The molecule has 1 aromatic rings. The average Bonchev–Trinajstić information content (AvgIpc) is 2.38. The van der Waals surface area contributed by atoms with Gasteiger partial charge in [-0.3, -0.25) is 14.4 Å². The maximum Gasteiger partial charge on any atom is 0.303 e. The molecule has 20 heavy (non-hydrogen) atoms. The molecule has 0 bridgehead atoms. The number of nitrogens with zero attached hydrogens (tertiary/aromatic N) is 1. The molecule has 0 unspecified atom stereocenters. The monoisotopic (exact) mass is 278 g/mol. The molecule has 1 amide bonds. The van der Waals surface area contributed by atoms with Crippen molar-refractivity contribution < 1.29 is 14.7 Å². The lowest BCUT2D eigenvalue weighted by Gasteiger charge is -2.31. The van der Waals surface area contributed by atoms with E-state index in [1.54, 1.807) is 11.8 Å². The second-order valence-electron chi connectivity index (χ2n) is 5.23. The number of hydrogen-bond donors (Lipinski definition) is 2. The number of aryl methyl sites for hydroxylation is 1. The van der Waals surface area contributed by atoms with Crippen LogP contribution >= 0.6 is 0 Å². The average molecular weight is 278 g/mol. The number of aliphatic carboxylic acids is 1. The van der Waals surface area contributed by atoms with Crippen LogP contribution < -0.4 is 5.43 Å². The molecule has 1 aliphatic rings. The number of carboxylic acid groups (broad SMARTS) is 1. The number of piperidine rings is 1. The van der Waals surface area contributed by atoms with Gasteiger partial charge < -0.3 is 15.0 Å². The number of aromatic amines is 1. The van der Waals surface area contributed by atoms with Gasteiger partial charge in [-0.15, -0.1) is 0 Å². The van der Waals surface area contributed by atoms with Crippen molar-refractivity contribution in [3.63, 3.8) is 0 Å². The van der Waals surface area contributed by atoms with Crippen LogP contribution in [0.1, 0.15) is 35.3 Å². The zero-order valence-corrected chi connectivity index (χ0v) is 11.4. The topological polar surface area (TPSA) is 90.5 Å². The Labute approximate surface area is 116 Å². The third kappa shape index (κ3) is 3.26. The molecule has 1 fully saturated rings. The van der Waals surface area contributed by atoms with Crippen molar-refractivity contribution in [3.8, 4) is 0 Å². The number of hydrogen-bond acceptors (Lipinski definition) is 3. The van der Waals surface area contributed by atoms with E-state index in [1.807, 2.05) is 0 Å². The number of amides is 1. The van der Waals surface area contributed by atoms with Crippen molar-refractivity contribution in [1.29, 1.82) is 0 Å². The van der Waals surface area contributed by atoms with E-state index in [1.165, 1.54) is 12.3 Å². The van der Waals surface area contributed by atoms with Crippen LogP contribution in [0.15, 0.2) is 17.1 Å². The van der Waals surface area contributed by atoms with E-state index in [0.717, 1.165) is 0 Å². The van der Waals surface area contributed by atoms with Gasteiger partial charge in [-0.1, -0.05) is 0 Å². The van der Waals surface area contributed by atoms with Gasteiger partial charge in [-0.2, -0.15) is 0 Å². The van der Waals surface area contributed by atoms with Gasteiger partial charge in [0.25, 0.3) is 5.91 Å². The predicted molar refractivity (Wildman–Crippen MR) is 72.7 cm³/mol. The number of H-pyrrole nitrogens is 1. The lowest BCUT2D eigenvalue weighted by atomic mass is 9.93. The van der Waals surface area contributed by atoms with Crippen molar-refractivity contribution in [3.05, 3.63) is 33.7 Å². The van der Waals surface area contributed by atoms with Crippen LogP contribution in [-0.4, -0.2) is 40.0 Å². The summed E-state index contributed by atoms with van der Waals surface area (Å²) < 4.78 is 0. The highest BCUT2D eigenvalue weighted by atomic mass is 16.4. The van der Waals surface area contributed by atoms with Crippen LogP contribution in [-0.2, 0) is 4.79 Å². The summed E-state index contributed by atoms with van der Waals surface area (Å²) in [6.07, 6.45) is 2.93. The summed E-state index contributed by atoms with van der Waals surface area (Å²) in [5.74, 6) is -0.961. The molecule has 2 heterocycles. The Balaban J connectivity index is 2.01. The molecule has 0 aromatic carbocycles. The van der Waals surface area contributed by atoms with E-state index in [0.29, 0.717) is 31.6 Å². The number of pyridine rings is 1. The van der Waals surface area contributed by atoms with Gasteiger partial charge in [0.05, 0.1) is 0 Å². The van der Waals surface area contributed by atoms with Gasteiger partial charge >= 0.3 is 5.97 Å². The molecule has 1 aliphatic heterocycles. The summed E-state index contributed by atoms with van der Waals surface area (Å²) in [7, 11) is 0. The molecule has 0 atom stereocenters. The molecule has 1 saturated heterocycles. The van der Waals surface area contributed by atoms with Crippen molar-refractivity contribution in [2.75, 3.05) is 13.1 Å². The van der Waals surface area contributed by atoms with Crippen molar-refractivity contribution >= 4 is 11.9 Å². The fourth-order valence-electron chi connectivity index (χ4n) is 2.50. The Hall–Kier alpha value is -2.11. The Morgan fingerprint density at radius 2 is 2.05 bits per heavy atom. The number of carboxylic acids is 1. The minimum absolute atomic E-state index is 0.118. The first-order valence-corrected chi connectivity index (χ1v) is 6.68. The highest BCUT2D eigenvalue weighted by molar-refractivity contribution is 5.93. The van der Waals surface area contributed by atoms with Gasteiger partial charge in [-0.25, -0.2) is 0 Å². The number of likely N-dealkylation sites (tertiary alicyclic amines) is 1. The van der Waals surface area contributed by atoms with Gasteiger partial charge in [-0.05, 0) is 25.7 Å². The first-order chi connectivity index (χ1) is 9.47. The largest absolute Gasteiger partial charge is 0.481 e. The highest BCUT2D eigenvalue weighted by Gasteiger charge is 2.26. The molecule has 0 radical (unpaired) electrons. The van der Waals surface area contributed by atoms with Crippen molar-refractivity contribution in [2.45, 2.75) is 26.2 Å². The number of aromatic nitrogens is 1. The second kappa shape index (κ2) is 5.90. The Morgan fingerprint density at radius 3 is 2.60 bits per heavy atom. The van der Waals surface area contributed by atoms with Crippen LogP contribution in [0.2, 0.25) is 0 Å². The van der Waals surface area contributed by atoms with E-state index in [4.69, 9.17) is 5.11 Å². The third-order valence-corrected chi connectivity index (χ3v) is 3.65. The summed E-state index contributed by atoms with van der Waals surface area (Å²) in [5.41, 5.74) is 0.581. The van der Waals surface area contributed by atoms with Crippen LogP contribution in [0.3, 0.4) is 0 Å². The Bertz CT molecular complexity index is 571. The fourth-order valence-corrected chi connectivity index (χ4v) is 2.50. The summed E-state index contributed by atoms with van der Waals surface area (Å²) in [4.78, 5) is 39.2. The zero-order chi connectivity index (χ0) is 14.7. The molecular weight excluding hydrogens is 260 g/mol. The molecule has 0 saturated carbocycles. The van der Waals surface area contributed by atoms with Gasteiger partial charge in [0, 0.05) is 37.5 Å². The summed E-state index contributed by atoms with van der Waals surface area (Å²) >= 11 is 0. The molecule has 0 aliphatic carbocycles. The van der Waals surface area contributed by atoms with Gasteiger partial charge in [0.1, 0.15) is 5.56 Å². The highest BCUT2D eigenvalue weighted by Crippen LogP contribution is 2.21. The first kappa shape index (κ1) is 14.3. The first-order valence-electron chi connectivity index (χ1n) is 6.68. The van der Waals surface area contributed by atoms with Crippen LogP contribution in [0.5, 0.6) is 0 Å². The summed E-state index contributed by atoms with van der Waals surface area (Å²) in [6.45, 7) is 2.77. The number of rotatable bonds is 3. The molecule has 2 N–H and O–H groups in total. The lowest BCUT2D eigenvalue weighted by molar-refractivity contribution is -0.138. The molecule has 0 spiro atoms. The third-order valence-electron chi connectivity index (χ3n) is 3.65. The number of carbonyl (C=O) groups is 2. The smallest absolute Gasteiger partial charge is 0.303 e. The number of nitrogens with one attached hydrogen (secondary N) is 1. The minimum atomic E-state index is -0.801. The molecule has 6 heteroatoms. The van der Waals surface area contributed by atoms with E-state index in [9.17, 15) is 14.4 Å². The zero-order valence-electron chi connectivity index (χ0n) is 11.4. The molecule has 2 rings (SSSR count). The maximum atomic E-state index is 12.3. The normalized spacial score (nSPS) is 16.1. The summed E-state index contributed by atoms with van der Waals surface area (Å²) in [6, 6.07) is 1.41. The van der Waals surface area contributed by atoms with E-state index >= 15 is 0 Å². The van der Waals surface area contributed by atoms with Crippen LogP contribution in [0.4, 0.5) is 0 Å². The van der Waals surface area contributed by atoms with Crippen molar-refractivity contribution in [2.24, 2.45) is 5.92 Å². The molecule has 108 valence electrons. The minimum Gasteiger partial charge on any atom is -0.481 e. The van der Waals surface area contributed by atoms with E-state index < -0.39 is 5.97 Å². The standard InChI is InChI=1S/C14H18N2O4/c1-9-6-12(17)11(8-15-9)14(20)16-4-2-10(3-5-16)7-13(18)19/h6,8,10H,2-5,7H2,1H3,(H,15,17)(H,18,19). The van der Waals surface area contributed by atoms with Crippen molar-refractivity contribution in [1.82, 2.24) is 9.88 Å². The maximum absolute atomic E-state index is 12.3. The van der Waals surface area contributed by atoms with Crippen LogP contribution in [0.25, 0.3) is 0 Å². The summed E-state index contributed by atoms with van der Waals surface area (Å²) in [5, 5.41) is 8.76. The van der Waals surface area contributed by atoms with E-state index in [-0.39, 0.29) is 29.2 Å². The Morgan fingerprint density at radius 1 is 1.40 bits per heavy atom. The van der Waals surface area contributed by atoms with Crippen LogP contribution in [0, 0.1) is 12.8 Å².